The van der Waals surface area contributed by atoms with Crippen molar-refractivity contribution < 1.29 is 4.79 Å². The van der Waals surface area contributed by atoms with Crippen LogP contribution in [0.1, 0.15) is 0 Å². The Morgan fingerprint density at radius 2 is 2.26 bits per heavy atom. The SMILES string of the molecule is N#CCNC(=O)Cn1cc(-c2ccccc2N)cn1. The first-order valence-electron chi connectivity index (χ1n) is 5.71. The number of amides is 1. The number of benzene rings is 1. The molecule has 0 aliphatic heterocycles. The van der Waals surface area contributed by atoms with Crippen molar-refractivity contribution in [1.82, 2.24) is 15.1 Å². The predicted octanol–water partition coefficient (Wildman–Crippen LogP) is 0.772. The third kappa shape index (κ3) is 3.10. The number of nitrogens with one attached hydrogen (secondary N) is 1. The van der Waals surface area contributed by atoms with Crippen LogP contribution in [0.4, 0.5) is 5.69 Å². The summed E-state index contributed by atoms with van der Waals surface area (Å²) < 4.78 is 1.51. The Morgan fingerprint density at radius 1 is 1.47 bits per heavy atom. The summed E-state index contributed by atoms with van der Waals surface area (Å²) in [7, 11) is 0. The van der Waals surface area contributed by atoms with Crippen LogP contribution in [0.2, 0.25) is 0 Å². The first kappa shape index (κ1) is 12.6. The predicted molar refractivity (Wildman–Crippen MR) is 70.7 cm³/mol. The third-order valence-electron chi connectivity index (χ3n) is 2.58. The van der Waals surface area contributed by atoms with Crippen LogP contribution in [-0.4, -0.2) is 22.2 Å². The summed E-state index contributed by atoms with van der Waals surface area (Å²) in [6.45, 7) is 0.0764. The average Bonchev–Trinajstić information content (AvgIpc) is 2.85. The Balaban J connectivity index is 2.10. The molecule has 1 aromatic carbocycles. The van der Waals surface area contributed by atoms with E-state index in [0.717, 1.165) is 11.1 Å². The van der Waals surface area contributed by atoms with Crippen molar-refractivity contribution in [3.05, 3.63) is 36.7 Å². The molecule has 0 fully saturated rings. The van der Waals surface area contributed by atoms with Gasteiger partial charge in [0.05, 0.1) is 12.3 Å². The van der Waals surface area contributed by atoms with E-state index in [-0.39, 0.29) is 19.0 Å². The maximum atomic E-state index is 11.4. The molecule has 0 atom stereocenters. The fraction of sp³-hybridized carbons (Fsp3) is 0.154. The van der Waals surface area contributed by atoms with Crippen molar-refractivity contribution in [2.75, 3.05) is 12.3 Å². The lowest BCUT2D eigenvalue weighted by molar-refractivity contribution is -0.121. The summed E-state index contributed by atoms with van der Waals surface area (Å²) in [6.07, 6.45) is 3.40. The Kier molecular flexibility index (Phi) is 3.78. The second-order valence-corrected chi connectivity index (χ2v) is 3.95. The van der Waals surface area contributed by atoms with Gasteiger partial charge in [-0.15, -0.1) is 0 Å². The number of para-hydroxylation sites is 1. The number of nitrogens with two attached hydrogens (primary N) is 1. The molecular formula is C13H13N5O. The van der Waals surface area contributed by atoms with Crippen LogP contribution < -0.4 is 11.1 Å². The number of carbonyl (C=O) groups excluding carboxylic acids is 1. The van der Waals surface area contributed by atoms with E-state index in [0.29, 0.717) is 5.69 Å². The summed E-state index contributed by atoms with van der Waals surface area (Å²) in [5.41, 5.74) is 8.27. The van der Waals surface area contributed by atoms with Gasteiger partial charge in [0, 0.05) is 23.0 Å². The second kappa shape index (κ2) is 5.69. The molecule has 0 spiro atoms. The van der Waals surface area contributed by atoms with Gasteiger partial charge in [-0.1, -0.05) is 18.2 Å². The quantitative estimate of drug-likeness (QED) is 0.623. The molecule has 6 nitrogen and oxygen atoms in total. The van der Waals surface area contributed by atoms with Crippen LogP contribution in [0.15, 0.2) is 36.7 Å². The van der Waals surface area contributed by atoms with Gasteiger partial charge in [0.25, 0.3) is 0 Å². The number of nitriles is 1. The molecule has 0 radical (unpaired) electrons. The highest BCUT2D eigenvalue weighted by atomic mass is 16.2. The molecule has 6 heteroatoms. The molecule has 2 rings (SSSR count). The second-order valence-electron chi connectivity index (χ2n) is 3.95. The van der Waals surface area contributed by atoms with Crippen molar-refractivity contribution in [2.24, 2.45) is 0 Å². The molecule has 0 aliphatic rings. The van der Waals surface area contributed by atoms with Crippen molar-refractivity contribution in [3.63, 3.8) is 0 Å². The number of nitrogen functional groups attached to an aromatic ring is 1. The lowest BCUT2D eigenvalue weighted by Gasteiger charge is -2.02. The molecule has 3 N–H and O–H groups in total. The van der Waals surface area contributed by atoms with Crippen LogP contribution in [0.3, 0.4) is 0 Å². The minimum Gasteiger partial charge on any atom is -0.398 e. The lowest BCUT2D eigenvalue weighted by Crippen LogP contribution is -2.27. The van der Waals surface area contributed by atoms with Crippen molar-refractivity contribution in [1.29, 1.82) is 5.26 Å². The van der Waals surface area contributed by atoms with Gasteiger partial charge in [0.2, 0.25) is 5.91 Å². The lowest BCUT2D eigenvalue weighted by atomic mass is 10.1. The highest BCUT2D eigenvalue weighted by Crippen LogP contribution is 2.24. The van der Waals surface area contributed by atoms with E-state index in [1.807, 2.05) is 30.3 Å². The molecule has 0 bridgehead atoms. The largest absolute Gasteiger partial charge is 0.398 e. The van der Waals surface area contributed by atoms with Gasteiger partial charge >= 0.3 is 0 Å². The Bertz CT molecular complexity index is 626. The zero-order valence-electron chi connectivity index (χ0n) is 10.2. The van der Waals surface area contributed by atoms with E-state index in [9.17, 15) is 4.79 Å². The van der Waals surface area contributed by atoms with Gasteiger partial charge in [-0.25, -0.2) is 0 Å². The zero-order chi connectivity index (χ0) is 13.7. The summed E-state index contributed by atoms with van der Waals surface area (Å²) in [5.74, 6) is -0.253. The molecule has 1 amide bonds. The molecule has 1 aromatic heterocycles. The number of hydrogen-bond donors (Lipinski definition) is 2. The molecule has 96 valence electrons. The molecule has 0 unspecified atom stereocenters. The molecule has 0 saturated carbocycles. The summed E-state index contributed by atoms with van der Waals surface area (Å²) >= 11 is 0. The Morgan fingerprint density at radius 3 is 3.00 bits per heavy atom. The summed E-state index contributed by atoms with van der Waals surface area (Å²) in [6, 6.07) is 9.30. The maximum Gasteiger partial charge on any atom is 0.242 e. The van der Waals surface area contributed by atoms with Gasteiger partial charge < -0.3 is 11.1 Å². The zero-order valence-corrected chi connectivity index (χ0v) is 10.2. The van der Waals surface area contributed by atoms with E-state index in [1.54, 1.807) is 12.4 Å². The maximum absolute atomic E-state index is 11.4. The molecule has 2 aromatic rings. The fourth-order valence-corrected chi connectivity index (χ4v) is 1.69. The van der Waals surface area contributed by atoms with Crippen LogP contribution in [0.25, 0.3) is 11.1 Å². The molecule has 1 heterocycles. The van der Waals surface area contributed by atoms with E-state index in [2.05, 4.69) is 10.4 Å². The standard InChI is InChI=1S/C13H13N5O/c14-5-6-16-13(19)9-18-8-10(7-17-18)11-3-1-2-4-12(11)15/h1-4,7-8H,6,9,15H2,(H,16,19). The van der Waals surface area contributed by atoms with Crippen LogP contribution in [0.5, 0.6) is 0 Å². The highest BCUT2D eigenvalue weighted by Gasteiger charge is 2.07. The van der Waals surface area contributed by atoms with Crippen molar-refractivity contribution in [3.8, 4) is 17.2 Å². The first-order chi connectivity index (χ1) is 9.20. The molecule has 0 saturated heterocycles. The van der Waals surface area contributed by atoms with Gasteiger partial charge in [-0.05, 0) is 6.07 Å². The number of aromatic nitrogens is 2. The number of carbonyl (C=O) groups is 1. The van der Waals surface area contributed by atoms with E-state index >= 15 is 0 Å². The monoisotopic (exact) mass is 255 g/mol. The molecule has 19 heavy (non-hydrogen) atoms. The number of rotatable bonds is 4. The average molecular weight is 255 g/mol. The topological polar surface area (TPSA) is 96.7 Å². The minimum absolute atomic E-state index is 0.00140. The fourth-order valence-electron chi connectivity index (χ4n) is 1.69. The molecular weight excluding hydrogens is 242 g/mol. The Labute approximate surface area is 110 Å². The summed E-state index contributed by atoms with van der Waals surface area (Å²) in [4.78, 5) is 11.4. The number of anilines is 1. The molecule has 0 aliphatic carbocycles. The van der Waals surface area contributed by atoms with Gasteiger partial charge in [0.1, 0.15) is 13.1 Å². The minimum atomic E-state index is -0.253. The van der Waals surface area contributed by atoms with Crippen LogP contribution >= 0.6 is 0 Å². The normalized spacial score (nSPS) is 9.84. The Hall–Kier alpha value is -2.81. The van der Waals surface area contributed by atoms with Crippen molar-refractivity contribution in [2.45, 2.75) is 6.54 Å². The van der Waals surface area contributed by atoms with Crippen molar-refractivity contribution >= 4 is 11.6 Å². The summed E-state index contributed by atoms with van der Waals surface area (Å²) in [5, 5.41) is 14.9. The van der Waals surface area contributed by atoms with E-state index < -0.39 is 0 Å². The number of nitrogens with zero attached hydrogens (tertiary/aromatic N) is 3. The van der Waals surface area contributed by atoms with E-state index in [4.69, 9.17) is 11.0 Å². The van der Waals surface area contributed by atoms with Gasteiger partial charge in [0.15, 0.2) is 0 Å². The van der Waals surface area contributed by atoms with Crippen LogP contribution in [-0.2, 0) is 11.3 Å². The number of hydrogen-bond acceptors (Lipinski definition) is 4. The van der Waals surface area contributed by atoms with E-state index in [1.165, 1.54) is 4.68 Å². The van der Waals surface area contributed by atoms with Gasteiger partial charge in [-0.3, -0.25) is 9.48 Å². The smallest absolute Gasteiger partial charge is 0.242 e. The third-order valence-corrected chi connectivity index (χ3v) is 2.58. The van der Waals surface area contributed by atoms with Crippen LogP contribution in [0, 0.1) is 11.3 Å². The first-order valence-corrected chi connectivity index (χ1v) is 5.71. The van der Waals surface area contributed by atoms with Gasteiger partial charge in [-0.2, -0.15) is 10.4 Å². The highest BCUT2D eigenvalue weighted by molar-refractivity contribution is 5.77.